The van der Waals surface area contributed by atoms with Crippen LogP contribution in [0.1, 0.15) is 20.8 Å². The van der Waals surface area contributed by atoms with Gasteiger partial charge in [0, 0.05) is 14.0 Å². The highest BCUT2D eigenvalue weighted by Gasteiger charge is 2.24. The second-order valence-corrected chi connectivity index (χ2v) is 2.24. The van der Waals surface area contributed by atoms with Crippen molar-refractivity contribution in [2.75, 3.05) is 7.11 Å². The Morgan fingerprint density at radius 3 is 1.67 bits per heavy atom. The highest BCUT2D eigenvalue weighted by molar-refractivity contribution is 4.71. The van der Waals surface area contributed by atoms with Crippen molar-refractivity contribution in [3.8, 4) is 0 Å². The van der Waals surface area contributed by atoms with Crippen molar-refractivity contribution < 1.29 is 14.2 Å². The van der Waals surface area contributed by atoms with Crippen LogP contribution in [0, 0.1) is 0 Å². The van der Waals surface area contributed by atoms with E-state index in [4.69, 9.17) is 14.2 Å². The van der Waals surface area contributed by atoms with Crippen molar-refractivity contribution >= 4 is 0 Å². The summed E-state index contributed by atoms with van der Waals surface area (Å²) in [5.74, 6) is -1.03. The lowest BCUT2D eigenvalue weighted by Crippen LogP contribution is -2.30. The van der Waals surface area contributed by atoms with Gasteiger partial charge in [0.25, 0.3) is 0 Å². The molecule has 0 amide bonds. The lowest BCUT2D eigenvalue weighted by molar-refractivity contribution is -0.317. The van der Waals surface area contributed by atoms with E-state index < -0.39 is 5.97 Å². The molecule has 0 bridgehead atoms. The van der Waals surface area contributed by atoms with Gasteiger partial charge in [0.05, 0.1) is 12.5 Å². The third-order valence-corrected chi connectivity index (χ3v) is 1.21. The van der Waals surface area contributed by atoms with Gasteiger partial charge in [0.1, 0.15) is 0 Å². The van der Waals surface area contributed by atoms with E-state index in [1.165, 1.54) is 19.6 Å². The van der Waals surface area contributed by atoms with Crippen molar-refractivity contribution in [1.82, 2.24) is 0 Å². The Morgan fingerprint density at radius 1 is 1.00 bits per heavy atom. The Bertz CT molecular complexity index is 147. The number of hydrogen-bond donors (Lipinski definition) is 0. The van der Waals surface area contributed by atoms with Crippen molar-refractivity contribution in [2.45, 2.75) is 26.7 Å². The second-order valence-electron chi connectivity index (χ2n) is 2.24. The zero-order chi connectivity index (χ0) is 9.45. The average Bonchev–Trinajstić information content (AvgIpc) is 2.11. The molecule has 12 heavy (non-hydrogen) atoms. The van der Waals surface area contributed by atoms with E-state index in [0.717, 1.165) is 0 Å². The molecule has 3 heteroatoms. The molecule has 0 radical (unpaired) electrons. The van der Waals surface area contributed by atoms with Gasteiger partial charge < -0.3 is 14.2 Å². The normalized spacial score (nSPS) is 16.7. The predicted molar refractivity (Wildman–Crippen MR) is 47.2 cm³/mol. The number of ether oxygens (including phenoxy) is 3. The summed E-state index contributed by atoms with van der Waals surface area (Å²) in [4.78, 5) is 0. The summed E-state index contributed by atoms with van der Waals surface area (Å²) in [5, 5.41) is 0. The molecule has 0 aliphatic rings. The van der Waals surface area contributed by atoms with Crippen LogP contribution in [0.3, 0.4) is 0 Å². The molecule has 0 aliphatic carbocycles. The highest BCUT2D eigenvalue weighted by atomic mass is 16.9. The number of methoxy groups -OCH3 is 1. The molecule has 0 saturated carbocycles. The topological polar surface area (TPSA) is 27.7 Å². The maximum atomic E-state index is 5.15. The third-order valence-electron chi connectivity index (χ3n) is 1.21. The Labute approximate surface area is 73.6 Å². The van der Waals surface area contributed by atoms with E-state index in [9.17, 15) is 0 Å². The van der Waals surface area contributed by atoms with E-state index in [1.807, 2.05) is 13.8 Å². The first-order valence-electron chi connectivity index (χ1n) is 3.81. The Kier molecular flexibility index (Phi) is 5.21. The van der Waals surface area contributed by atoms with Crippen LogP contribution in [0.25, 0.3) is 0 Å². The first-order chi connectivity index (χ1) is 5.68. The van der Waals surface area contributed by atoms with Gasteiger partial charge in [-0.25, -0.2) is 0 Å². The zero-order valence-corrected chi connectivity index (χ0v) is 8.03. The minimum Gasteiger partial charge on any atom is -0.438 e. The lowest BCUT2D eigenvalue weighted by Gasteiger charge is -2.25. The molecule has 0 aliphatic heterocycles. The van der Waals surface area contributed by atoms with Crippen LogP contribution in [0.5, 0.6) is 0 Å². The maximum absolute atomic E-state index is 5.15. The van der Waals surface area contributed by atoms with Crippen molar-refractivity contribution in [2.24, 2.45) is 0 Å². The Morgan fingerprint density at radius 2 is 1.42 bits per heavy atom. The number of rotatable bonds is 5. The molecular formula is C9H16O3. The summed E-state index contributed by atoms with van der Waals surface area (Å²) < 4.78 is 15.3. The molecule has 0 aromatic rings. The molecule has 70 valence electrons. The maximum Gasteiger partial charge on any atom is 0.367 e. The molecule has 0 spiro atoms. The van der Waals surface area contributed by atoms with Gasteiger partial charge in [-0.15, -0.1) is 0 Å². The van der Waals surface area contributed by atoms with Crippen molar-refractivity contribution in [3.05, 3.63) is 24.7 Å². The van der Waals surface area contributed by atoms with Gasteiger partial charge in [-0.1, -0.05) is 12.2 Å². The first kappa shape index (κ1) is 11.0. The molecule has 0 N–H and O–H groups in total. The third kappa shape index (κ3) is 4.03. The summed E-state index contributed by atoms with van der Waals surface area (Å²) in [6, 6.07) is 0. The van der Waals surface area contributed by atoms with Gasteiger partial charge in [-0.05, 0) is 13.8 Å². The molecule has 0 saturated heterocycles. The molecule has 0 heterocycles. The van der Waals surface area contributed by atoms with Gasteiger partial charge >= 0.3 is 5.97 Å². The monoisotopic (exact) mass is 172 g/mol. The summed E-state index contributed by atoms with van der Waals surface area (Å²) in [6.45, 7) is 5.39. The van der Waals surface area contributed by atoms with Crippen molar-refractivity contribution in [3.63, 3.8) is 0 Å². The lowest BCUT2D eigenvalue weighted by atomic mass is 10.6. The standard InChI is InChI=1S/C9H16O3/c1-5-7-11-9(3,10-4)12-8-6-2/h5-8H,1-4H3/b7-5-,8-6+. The molecule has 1 unspecified atom stereocenters. The Hall–Kier alpha value is -0.960. The van der Waals surface area contributed by atoms with Gasteiger partial charge in [-0.3, -0.25) is 0 Å². The SMILES string of the molecule is C/C=C\OC(C)(OC)O/C=C/C. The highest BCUT2D eigenvalue weighted by Crippen LogP contribution is 2.13. The minimum absolute atomic E-state index is 1.03. The molecule has 1 atom stereocenters. The van der Waals surface area contributed by atoms with Crippen LogP contribution in [0.15, 0.2) is 24.7 Å². The van der Waals surface area contributed by atoms with Gasteiger partial charge in [0.15, 0.2) is 0 Å². The van der Waals surface area contributed by atoms with Crippen LogP contribution < -0.4 is 0 Å². The van der Waals surface area contributed by atoms with Crippen LogP contribution in [-0.4, -0.2) is 13.1 Å². The first-order valence-corrected chi connectivity index (χ1v) is 3.81. The smallest absolute Gasteiger partial charge is 0.367 e. The molecule has 0 aromatic heterocycles. The van der Waals surface area contributed by atoms with Gasteiger partial charge in [-0.2, -0.15) is 0 Å². The second kappa shape index (κ2) is 5.66. The summed E-state index contributed by atoms with van der Waals surface area (Å²) in [6.07, 6.45) is 6.56. The fourth-order valence-electron chi connectivity index (χ4n) is 0.507. The minimum atomic E-state index is -1.03. The molecular weight excluding hydrogens is 156 g/mol. The van der Waals surface area contributed by atoms with Crippen LogP contribution in [0.2, 0.25) is 0 Å². The molecule has 3 nitrogen and oxygen atoms in total. The Balaban J connectivity index is 4.03. The van der Waals surface area contributed by atoms with E-state index >= 15 is 0 Å². The average molecular weight is 172 g/mol. The van der Waals surface area contributed by atoms with Crippen LogP contribution >= 0.6 is 0 Å². The van der Waals surface area contributed by atoms with E-state index in [1.54, 1.807) is 19.1 Å². The fourth-order valence-corrected chi connectivity index (χ4v) is 0.507. The fraction of sp³-hybridized carbons (Fsp3) is 0.556. The molecule has 0 rings (SSSR count). The zero-order valence-electron chi connectivity index (χ0n) is 8.03. The van der Waals surface area contributed by atoms with E-state index in [2.05, 4.69) is 0 Å². The van der Waals surface area contributed by atoms with Gasteiger partial charge in [0.2, 0.25) is 0 Å². The molecule has 0 aromatic carbocycles. The summed E-state index contributed by atoms with van der Waals surface area (Å²) in [5.41, 5.74) is 0. The summed E-state index contributed by atoms with van der Waals surface area (Å²) in [7, 11) is 1.52. The largest absolute Gasteiger partial charge is 0.438 e. The van der Waals surface area contributed by atoms with Crippen LogP contribution in [0.4, 0.5) is 0 Å². The van der Waals surface area contributed by atoms with E-state index in [-0.39, 0.29) is 0 Å². The number of allylic oxidation sites excluding steroid dienone is 2. The van der Waals surface area contributed by atoms with Crippen LogP contribution in [-0.2, 0) is 14.2 Å². The molecule has 0 fully saturated rings. The van der Waals surface area contributed by atoms with Crippen molar-refractivity contribution in [1.29, 1.82) is 0 Å². The quantitative estimate of drug-likeness (QED) is 0.471. The number of hydrogen-bond acceptors (Lipinski definition) is 3. The summed E-state index contributed by atoms with van der Waals surface area (Å²) >= 11 is 0. The predicted octanol–water partition coefficient (Wildman–Crippen LogP) is 2.41. The van der Waals surface area contributed by atoms with E-state index in [0.29, 0.717) is 0 Å².